The number of rotatable bonds is 8. The maximum Gasteiger partial charge on any atom is 0.354 e. The highest BCUT2D eigenvalue weighted by Gasteiger charge is 2.16. The van der Waals surface area contributed by atoms with Crippen LogP contribution in [0.2, 0.25) is 0 Å². The smallest absolute Gasteiger partial charge is 0.354 e. The Morgan fingerprint density at radius 1 is 0.970 bits per heavy atom. The van der Waals surface area contributed by atoms with Gasteiger partial charge < -0.3 is 15.2 Å². The van der Waals surface area contributed by atoms with Gasteiger partial charge in [-0.1, -0.05) is 36.9 Å². The number of para-hydroxylation sites is 1. The quantitative estimate of drug-likeness (QED) is 0.368. The van der Waals surface area contributed by atoms with Gasteiger partial charge in [-0.05, 0) is 66.2 Å². The largest absolute Gasteiger partial charge is 0.477 e. The molecule has 0 aliphatic carbocycles. The van der Waals surface area contributed by atoms with Crippen LogP contribution >= 0.6 is 0 Å². The summed E-state index contributed by atoms with van der Waals surface area (Å²) in [6, 6.07) is 25.4. The van der Waals surface area contributed by atoms with Gasteiger partial charge in [-0.25, -0.2) is 4.79 Å². The predicted molar refractivity (Wildman–Crippen MR) is 126 cm³/mol. The molecule has 0 aliphatic heterocycles. The fourth-order valence-corrected chi connectivity index (χ4v) is 3.28. The molecule has 7 nitrogen and oxygen atoms in total. The second-order valence-electron chi connectivity index (χ2n) is 7.21. The molecule has 33 heavy (non-hydrogen) atoms. The number of carboxylic acid groups (broad SMARTS) is 1. The number of benzene rings is 3. The molecule has 164 valence electrons. The predicted octanol–water partition coefficient (Wildman–Crippen LogP) is 5.21. The molecule has 1 heterocycles. The monoisotopic (exact) mass is 439 g/mol. The van der Waals surface area contributed by atoms with Crippen LogP contribution in [-0.2, 0) is 11.3 Å². The molecule has 3 aromatic carbocycles. The van der Waals surface area contributed by atoms with E-state index in [9.17, 15) is 14.7 Å². The summed E-state index contributed by atoms with van der Waals surface area (Å²) in [7, 11) is 0. The Hall–Kier alpha value is -4.65. The van der Waals surface area contributed by atoms with Crippen LogP contribution in [0.15, 0.2) is 97.6 Å². The number of anilines is 1. The summed E-state index contributed by atoms with van der Waals surface area (Å²) in [6.45, 7) is 3.67. The van der Waals surface area contributed by atoms with Gasteiger partial charge in [0.15, 0.2) is 0 Å². The lowest BCUT2D eigenvalue weighted by Gasteiger charge is -2.08. The van der Waals surface area contributed by atoms with Crippen molar-refractivity contribution in [2.24, 2.45) is 0 Å². The summed E-state index contributed by atoms with van der Waals surface area (Å²) >= 11 is 0. The molecule has 0 aliphatic rings. The SMILES string of the molecule is C=CC(=O)Nc1cccc(Cn2nc(-c3ccc(Oc4ccccc4)cc3)cc2C(=O)O)c1. The molecule has 1 amide bonds. The van der Waals surface area contributed by atoms with E-state index in [4.69, 9.17) is 4.74 Å². The summed E-state index contributed by atoms with van der Waals surface area (Å²) in [6.07, 6.45) is 1.19. The third kappa shape index (κ3) is 5.34. The fraction of sp³-hybridized carbons (Fsp3) is 0.0385. The number of carboxylic acids is 1. The van der Waals surface area contributed by atoms with Crippen molar-refractivity contribution >= 4 is 17.6 Å². The Balaban J connectivity index is 1.56. The zero-order valence-corrected chi connectivity index (χ0v) is 17.6. The number of hydrogen-bond donors (Lipinski definition) is 2. The first-order valence-corrected chi connectivity index (χ1v) is 10.2. The minimum Gasteiger partial charge on any atom is -0.477 e. The van der Waals surface area contributed by atoms with Gasteiger partial charge in [0.2, 0.25) is 5.91 Å². The van der Waals surface area contributed by atoms with Crippen molar-refractivity contribution in [3.8, 4) is 22.8 Å². The van der Waals surface area contributed by atoms with Gasteiger partial charge in [-0.2, -0.15) is 5.10 Å². The van der Waals surface area contributed by atoms with E-state index in [1.807, 2.05) is 60.7 Å². The number of aromatic carboxylic acids is 1. The van der Waals surface area contributed by atoms with Crippen molar-refractivity contribution in [3.05, 3.63) is 109 Å². The molecule has 7 heteroatoms. The van der Waals surface area contributed by atoms with Gasteiger partial charge in [0, 0.05) is 11.3 Å². The molecule has 4 rings (SSSR count). The van der Waals surface area contributed by atoms with Crippen LogP contribution < -0.4 is 10.1 Å². The lowest BCUT2D eigenvalue weighted by Crippen LogP contribution is -2.11. The van der Waals surface area contributed by atoms with Crippen molar-refractivity contribution in [3.63, 3.8) is 0 Å². The first-order valence-electron chi connectivity index (χ1n) is 10.2. The van der Waals surface area contributed by atoms with Gasteiger partial charge in [0.05, 0.1) is 12.2 Å². The summed E-state index contributed by atoms with van der Waals surface area (Å²) in [5, 5.41) is 16.9. The number of amides is 1. The highest BCUT2D eigenvalue weighted by molar-refractivity contribution is 5.98. The van der Waals surface area contributed by atoms with Crippen LogP contribution in [0.4, 0.5) is 5.69 Å². The van der Waals surface area contributed by atoms with Crippen LogP contribution in [0.25, 0.3) is 11.3 Å². The van der Waals surface area contributed by atoms with E-state index in [1.165, 1.54) is 10.8 Å². The minimum atomic E-state index is -1.08. The number of carbonyl (C=O) groups excluding carboxylic acids is 1. The van der Waals surface area contributed by atoms with E-state index in [0.29, 0.717) is 17.1 Å². The first-order chi connectivity index (χ1) is 16.0. The van der Waals surface area contributed by atoms with Crippen LogP contribution in [0.3, 0.4) is 0 Å². The molecular weight excluding hydrogens is 418 g/mol. The van der Waals surface area contributed by atoms with Gasteiger partial charge >= 0.3 is 5.97 Å². The Kier molecular flexibility index (Phi) is 6.31. The first kappa shape index (κ1) is 21.6. The standard InChI is InChI=1S/C26H21N3O4/c1-2-25(30)27-20-8-6-7-18(15-20)17-29-24(26(31)32)16-23(28-29)19-11-13-22(14-12-19)33-21-9-4-3-5-10-21/h2-16H,1,17H2,(H,27,30)(H,31,32). The van der Waals surface area contributed by atoms with Gasteiger partial charge in [-0.15, -0.1) is 0 Å². The molecule has 4 aromatic rings. The van der Waals surface area contributed by atoms with E-state index < -0.39 is 5.97 Å². The van der Waals surface area contributed by atoms with Gasteiger partial charge in [-0.3, -0.25) is 9.48 Å². The highest BCUT2D eigenvalue weighted by atomic mass is 16.5. The molecule has 0 unspecified atom stereocenters. The molecule has 2 N–H and O–H groups in total. The van der Waals surface area contributed by atoms with E-state index in [-0.39, 0.29) is 18.1 Å². The van der Waals surface area contributed by atoms with Crippen molar-refractivity contribution in [2.75, 3.05) is 5.32 Å². The molecule has 0 saturated heterocycles. The molecule has 0 bridgehead atoms. The van der Waals surface area contributed by atoms with Gasteiger partial charge in [0.25, 0.3) is 0 Å². The summed E-state index contributed by atoms with van der Waals surface area (Å²) in [4.78, 5) is 23.4. The maximum atomic E-state index is 11.8. The number of aromatic nitrogens is 2. The van der Waals surface area contributed by atoms with Crippen LogP contribution in [0, 0.1) is 0 Å². The third-order valence-corrected chi connectivity index (χ3v) is 4.84. The van der Waals surface area contributed by atoms with Crippen molar-refractivity contribution in [1.29, 1.82) is 0 Å². The minimum absolute atomic E-state index is 0.0649. The number of nitrogens with one attached hydrogen (secondary N) is 1. The lowest BCUT2D eigenvalue weighted by atomic mass is 10.1. The molecule has 0 fully saturated rings. The van der Waals surface area contributed by atoms with Crippen molar-refractivity contribution in [2.45, 2.75) is 6.54 Å². The normalized spacial score (nSPS) is 10.4. The summed E-state index contributed by atoms with van der Waals surface area (Å²) in [5.74, 6) is 0.00349. The van der Waals surface area contributed by atoms with Crippen molar-refractivity contribution in [1.82, 2.24) is 9.78 Å². The molecule has 0 spiro atoms. The average Bonchev–Trinajstić information content (AvgIpc) is 3.24. The summed E-state index contributed by atoms with van der Waals surface area (Å²) in [5.41, 5.74) is 2.75. The van der Waals surface area contributed by atoms with Crippen LogP contribution in [0.5, 0.6) is 11.5 Å². The molecule has 1 aromatic heterocycles. The Labute approximate surface area is 190 Å². The number of nitrogens with zero attached hydrogens (tertiary/aromatic N) is 2. The number of ether oxygens (including phenoxy) is 1. The molecule has 0 atom stereocenters. The average molecular weight is 439 g/mol. The van der Waals surface area contributed by atoms with Crippen LogP contribution in [0.1, 0.15) is 16.1 Å². The van der Waals surface area contributed by atoms with E-state index in [1.54, 1.807) is 24.3 Å². The highest BCUT2D eigenvalue weighted by Crippen LogP contribution is 2.26. The number of carbonyl (C=O) groups is 2. The fourth-order valence-electron chi connectivity index (χ4n) is 3.28. The molecular formula is C26H21N3O4. The topological polar surface area (TPSA) is 93.5 Å². The van der Waals surface area contributed by atoms with E-state index in [0.717, 1.165) is 16.9 Å². The Bertz CT molecular complexity index is 1290. The Morgan fingerprint density at radius 3 is 2.39 bits per heavy atom. The van der Waals surface area contributed by atoms with Crippen LogP contribution in [-0.4, -0.2) is 26.8 Å². The van der Waals surface area contributed by atoms with Gasteiger partial charge in [0.1, 0.15) is 17.2 Å². The second kappa shape index (κ2) is 9.65. The zero-order chi connectivity index (χ0) is 23.2. The van der Waals surface area contributed by atoms with E-state index >= 15 is 0 Å². The summed E-state index contributed by atoms with van der Waals surface area (Å²) < 4.78 is 7.24. The molecule has 0 radical (unpaired) electrons. The second-order valence-corrected chi connectivity index (χ2v) is 7.21. The number of hydrogen-bond acceptors (Lipinski definition) is 4. The third-order valence-electron chi connectivity index (χ3n) is 4.84. The Morgan fingerprint density at radius 2 is 1.70 bits per heavy atom. The zero-order valence-electron chi connectivity index (χ0n) is 17.6. The van der Waals surface area contributed by atoms with E-state index in [2.05, 4.69) is 17.0 Å². The molecule has 0 saturated carbocycles. The van der Waals surface area contributed by atoms with Crippen molar-refractivity contribution < 1.29 is 19.4 Å². The lowest BCUT2D eigenvalue weighted by molar-refractivity contribution is -0.111. The maximum absolute atomic E-state index is 11.8.